The fourth-order valence-electron chi connectivity index (χ4n) is 2.47. The van der Waals surface area contributed by atoms with E-state index < -0.39 is 5.97 Å². The second-order valence-corrected chi connectivity index (χ2v) is 4.45. The highest BCUT2D eigenvalue weighted by molar-refractivity contribution is 5.70. The molecule has 0 aliphatic heterocycles. The summed E-state index contributed by atoms with van der Waals surface area (Å²) in [6, 6.07) is 0. The summed E-state index contributed by atoms with van der Waals surface area (Å²) < 4.78 is 7.08. The van der Waals surface area contributed by atoms with Gasteiger partial charge in [0.1, 0.15) is 6.26 Å². The number of carbonyl (C=O) groups is 1. The highest BCUT2D eigenvalue weighted by Gasteiger charge is 2.49. The molecule has 1 N–H and O–H groups in total. The molecule has 2 heterocycles. The summed E-state index contributed by atoms with van der Waals surface area (Å²) in [5, 5.41) is 8.95. The summed E-state index contributed by atoms with van der Waals surface area (Å²) in [5.74, 6) is -0.209. The first-order chi connectivity index (χ1) is 7.62. The second kappa shape index (κ2) is 2.87. The Balaban J connectivity index is 2.14. The minimum Gasteiger partial charge on any atom is -0.481 e. The van der Waals surface area contributed by atoms with Gasteiger partial charge in [-0.15, -0.1) is 0 Å². The largest absolute Gasteiger partial charge is 0.481 e. The predicted octanol–water partition coefficient (Wildman–Crippen LogP) is 1.74. The van der Waals surface area contributed by atoms with E-state index in [1.807, 2.05) is 11.3 Å². The first-order valence-corrected chi connectivity index (χ1v) is 5.27. The SMILES string of the molecule is Cc1nc2occn2c1C1(CC(=O)O)CC1. The molecule has 16 heavy (non-hydrogen) atoms. The van der Waals surface area contributed by atoms with Crippen molar-refractivity contribution in [3.05, 3.63) is 23.8 Å². The Kier molecular flexibility index (Phi) is 1.70. The zero-order valence-corrected chi connectivity index (χ0v) is 8.93. The number of oxazole rings is 1. The number of aliphatic carboxylic acids is 1. The number of hydrogen-bond acceptors (Lipinski definition) is 3. The predicted molar refractivity (Wildman–Crippen MR) is 55.4 cm³/mol. The van der Waals surface area contributed by atoms with E-state index in [-0.39, 0.29) is 11.8 Å². The lowest BCUT2D eigenvalue weighted by molar-refractivity contribution is -0.137. The van der Waals surface area contributed by atoms with Gasteiger partial charge in [-0.25, -0.2) is 0 Å². The monoisotopic (exact) mass is 220 g/mol. The smallest absolute Gasteiger partial charge is 0.306 e. The van der Waals surface area contributed by atoms with E-state index in [9.17, 15) is 4.79 Å². The second-order valence-electron chi connectivity index (χ2n) is 4.45. The van der Waals surface area contributed by atoms with Crippen molar-refractivity contribution in [2.24, 2.45) is 0 Å². The lowest BCUT2D eigenvalue weighted by Gasteiger charge is -2.12. The van der Waals surface area contributed by atoms with E-state index in [1.165, 1.54) is 0 Å². The molecule has 2 aromatic rings. The minimum absolute atomic E-state index is 0.173. The first kappa shape index (κ1) is 9.45. The van der Waals surface area contributed by atoms with Crippen LogP contribution in [0.4, 0.5) is 0 Å². The van der Waals surface area contributed by atoms with Crippen molar-refractivity contribution in [2.75, 3.05) is 0 Å². The third-order valence-electron chi connectivity index (χ3n) is 3.28. The number of imidazole rings is 1. The summed E-state index contributed by atoms with van der Waals surface area (Å²) in [5.41, 5.74) is 1.65. The summed E-state index contributed by atoms with van der Waals surface area (Å²) in [4.78, 5) is 15.2. The average Bonchev–Trinajstić information content (AvgIpc) is 2.67. The zero-order valence-electron chi connectivity index (χ0n) is 8.93. The third kappa shape index (κ3) is 1.17. The number of carboxylic acid groups (broad SMARTS) is 1. The van der Waals surface area contributed by atoms with E-state index in [0.717, 1.165) is 24.2 Å². The van der Waals surface area contributed by atoms with Crippen LogP contribution in [-0.4, -0.2) is 20.5 Å². The van der Waals surface area contributed by atoms with Gasteiger partial charge in [-0.2, -0.15) is 4.98 Å². The van der Waals surface area contributed by atoms with Crippen LogP contribution in [0, 0.1) is 6.92 Å². The summed E-state index contributed by atoms with van der Waals surface area (Å²) in [6.45, 7) is 1.90. The van der Waals surface area contributed by atoms with Gasteiger partial charge in [-0.05, 0) is 19.8 Å². The molecule has 0 aromatic carbocycles. The molecule has 1 fully saturated rings. The van der Waals surface area contributed by atoms with Crippen LogP contribution in [-0.2, 0) is 10.2 Å². The average molecular weight is 220 g/mol. The molecule has 2 aromatic heterocycles. The van der Waals surface area contributed by atoms with E-state index in [4.69, 9.17) is 9.52 Å². The Hall–Kier alpha value is -1.78. The zero-order chi connectivity index (χ0) is 11.3. The molecule has 5 nitrogen and oxygen atoms in total. The molecule has 84 valence electrons. The van der Waals surface area contributed by atoms with E-state index in [2.05, 4.69) is 4.98 Å². The van der Waals surface area contributed by atoms with Crippen molar-refractivity contribution in [1.82, 2.24) is 9.38 Å². The van der Waals surface area contributed by atoms with Crippen LogP contribution in [0.5, 0.6) is 0 Å². The Morgan fingerprint density at radius 3 is 3.06 bits per heavy atom. The Morgan fingerprint density at radius 1 is 1.69 bits per heavy atom. The first-order valence-electron chi connectivity index (χ1n) is 5.27. The van der Waals surface area contributed by atoms with Gasteiger partial charge < -0.3 is 9.52 Å². The van der Waals surface area contributed by atoms with Crippen molar-refractivity contribution in [3.8, 4) is 0 Å². The summed E-state index contributed by atoms with van der Waals surface area (Å²) in [6.07, 6.45) is 5.37. The highest BCUT2D eigenvalue weighted by atomic mass is 16.4. The molecular formula is C11H12N2O3. The summed E-state index contributed by atoms with van der Waals surface area (Å²) in [7, 11) is 0. The normalized spacial score (nSPS) is 17.8. The van der Waals surface area contributed by atoms with Crippen LogP contribution in [0.3, 0.4) is 0 Å². The van der Waals surface area contributed by atoms with Crippen molar-refractivity contribution >= 4 is 11.8 Å². The van der Waals surface area contributed by atoms with Crippen LogP contribution in [0.2, 0.25) is 0 Å². The third-order valence-corrected chi connectivity index (χ3v) is 3.28. The molecule has 0 unspecified atom stereocenters. The standard InChI is InChI=1S/C11H12N2O3/c1-7-9(11(2-3-11)6-8(14)15)13-4-5-16-10(13)12-7/h4-5H,2-3,6H2,1H3,(H,14,15). The van der Waals surface area contributed by atoms with Gasteiger partial charge in [-0.1, -0.05) is 0 Å². The molecule has 0 amide bonds. The highest BCUT2D eigenvalue weighted by Crippen LogP contribution is 2.52. The van der Waals surface area contributed by atoms with Crippen LogP contribution >= 0.6 is 0 Å². The maximum absolute atomic E-state index is 10.9. The van der Waals surface area contributed by atoms with E-state index >= 15 is 0 Å². The quantitative estimate of drug-likeness (QED) is 0.855. The van der Waals surface area contributed by atoms with Gasteiger partial charge in [0, 0.05) is 11.6 Å². The van der Waals surface area contributed by atoms with Crippen molar-refractivity contribution in [2.45, 2.75) is 31.6 Å². The lowest BCUT2D eigenvalue weighted by Crippen LogP contribution is -2.16. The van der Waals surface area contributed by atoms with Gasteiger partial charge >= 0.3 is 11.8 Å². The topological polar surface area (TPSA) is 67.7 Å². The number of aryl methyl sites for hydroxylation is 1. The number of aromatic nitrogens is 2. The molecule has 3 rings (SSSR count). The molecule has 0 radical (unpaired) electrons. The number of fused-ring (bicyclic) bond motifs is 1. The molecule has 0 atom stereocenters. The van der Waals surface area contributed by atoms with Gasteiger partial charge in [-0.3, -0.25) is 9.20 Å². The van der Waals surface area contributed by atoms with Crippen LogP contribution in [0.25, 0.3) is 5.84 Å². The maximum Gasteiger partial charge on any atom is 0.306 e. The van der Waals surface area contributed by atoms with Crippen LogP contribution < -0.4 is 0 Å². The van der Waals surface area contributed by atoms with Gasteiger partial charge in [0.05, 0.1) is 17.8 Å². The molecule has 0 bridgehead atoms. The molecular weight excluding hydrogens is 208 g/mol. The molecule has 5 heteroatoms. The molecule has 1 aliphatic carbocycles. The molecule has 1 saturated carbocycles. The van der Waals surface area contributed by atoms with Gasteiger partial charge in [0.2, 0.25) is 0 Å². The number of hydrogen-bond donors (Lipinski definition) is 1. The Bertz CT molecular complexity index is 563. The summed E-state index contributed by atoms with van der Waals surface area (Å²) >= 11 is 0. The van der Waals surface area contributed by atoms with Crippen molar-refractivity contribution in [1.29, 1.82) is 0 Å². The lowest BCUT2D eigenvalue weighted by atomic mass is 9.96. The van der Waals surface area contributed by atoms with Crippen LogP contribution in [0.1, 0.15) is 30.7 Å². The minimum atomic E-state index is -0.754. The van der Waals surface area contributed by atoms with Gasteiger partial charge in [0.25, 0.3) is 0 Å². The number of nitrogens with zero attached hydrogens (tertiary/aromatic N) is 2. The number of carboxylic acids is 1. The molecule has 1 aliphatic rings. The Morgan fingerprint density at radius 2 is 2.44 bits per heavy atom. The fraction of sp³-hybridized carbons (Fsp3) is 0.455. The fourth-order valence-corrected chi connectivity index (χ4v) is 2.47. The molecule has 0 spiro atoms. The Labute approximate surface area is 91.7 Å². The maximum atomic E-state index is 10.9. The molecule has 0 saturated heterocycles. The van der Waals surface area contributed by atoms with E-state index in [0.29, 0.717) is 5.84 Å². The van der Waals surface area contributed by atoms with Crippen molar-refractivity contribution < 1.29 is 14.3 Å². The van der Waals surface area contributed by atoms with Gasteiger partial charge in [0.15, 0.2) is 0 Å². The number of rotatable bonds is 3. The van der Waals surface area contributed by atoms with Crippen LogP contribution in [0.15, 0.2) is 16.9 Å². The van der Waals surface area contributed by atoms with Crippen molar-refractivity contribution in [3.63, 3.8) is 0 Å². The van der Waals surface area contributed by atoms with E-state index in [1.54, 1.807) is 12.5 Å².